The predicted octanol–water partition coefficient (Wildman–Crippen LogP) is 2.73. The predicted molar refractivity (Wildman–Crippen MR) is 85.0 cm³/mol. The van der Waals surface area contributed by atoms with Crippen molar-refractivity contribution in [2.75, 3.05) is 19.6 Å². The Morgan fingerprint density at radius 3 is 2.43 bits per heavy atom. The molecular formula is C17H31N3O. The average Bonchev–Trinajstić information content (AvgIpc) is 3.30. The van der Waals surface area contributed by atoms with Gasteiger partial charge in [0.15, 0.2) is 0 Å². The van der Waals surface area contributed by atoms with E-state index in [4.69, 9.17) is 5.73 Å². The zero-order valence-corrected chi connectivity index (χ0v) is 13.2. The number of likely N-dealkylation sites (tertiary alicyclic amines) is 1. The van der Waals surface area contributed by atoms with Crippen LogP contribution in [0, 0.1) is 17.8 Å². The van der Waals surface area contributed by atoms with Crippen molar-refractivity contribution >= 4 is 6.03 Å². The summed E-state index contributed by atoms with van der Waals surface area (Å²) in [5.74, 6) is 2.44. The summed E-state index contributed by atoms with van der Waals surface area (Å²) in [4.78, 5) is 13.4. The van der Waals surface area contributed by atoms with E-state index < -0.39 is 0 Å². The number of nitrogens with zero attached hydrogens (tertiary/aromatic N) is 1. The van der Waals surface area contributed by atoms with E-state index in [0.717, 1.165) is 31.5 Å². The molecule has 2 atom stereocenters. The van der Waals surface area contributed by atoms with Crippen molar-refractivity contribution < 1.29 is 4.79 Å². The van der Waals surface area contributed by atoms with Crippen LogP contribution in [-0.2, 0) is 0 Å². The van der Waals surface area contributed by atoms with Crippen LogP contribution in [0.3, 0.4) is 0 Å². The maximum atomic E-state index is 11.6. The third-order valence-corrected chi connectivity index (χ3v) is 5.63. The minimum Gasteiger partial charge on any atom is -0.351 e. The van der Waals surface area contributed by atoms with Crippen LogP contribution in [0.25, 0.3) is 0 Å². The van der Waals surface area contributed by atoms with Gasteiger partial charge in [0.05, 0.1) is 0 Å². The van der Waals surface area contributed by atoms with Gasteiger partial charge in [-0.1, -0.05) is 32.1 Å². The van der Waals surface area contributed by atoms with Crippen LogP contribution in [0.15, 0.2) is 0 Å². The summed E-state index contributed by atoms with van der Waals surface area (Å²) >= 11 is 0. The van der Waals surface area contributed by atoms with Gasteiger partial charge in [-0.15, -0.1) is 0 Å². The summed E-state index contributed by atoms with van der Waals surface area (Å²) in [5.41, 5.74) is 5.54. The number of rotatable bonds is 5. The normalized spacial score (nSPS) is 31.3. The molecule has 3 fully saturated rings. The van der Waals surface area contributed by atoms with E-state index >= 15 is 0 Å². The quantitative estimate of drug-likeness (QED) is 0.819. The highest BCUT2D eigenvalue weighted by Gasteiger charge is 2.33. The second-order valence-corrected chi connectivity index (χ2v) is 7.63. The van der Waals surface area contributed by atoms with E-state index in [-0.39, 0.29) is 6.03 Å². The van der Waals surface area contributed by atoms with Gasteiger partial charge < -0.3 is 16.0 Å². The van der Waals surface area contributed by atoms with Crippen molar-refractivity contribution in [1.29, 1.82) is 0 Å². The Morgan fingerprint density at radius 1 is 1.00 bits per heavy atom. The smallest absolute Gasteiger partial charge is 0.314 e. The second kappa shape index (κ2) is 6.99. The van der Waals surface area contributed by atoms with Gasteiger partial charge in [0.2, 0.25) is 0 Å². The number of urea groups is 1. The van der Waals surface area contributed by atoms with Gasteiger partial charge in [0.1, 0.15) is 0 Å². The first-order chi connectivity index (χ1) is 10.2. The molecule has 4 heteroatoms. The third kappa shape index (κ3) is 4.60. The minimum absolute atomic E-state index is 0.236. The lowest BCUT2D eigenvalue weighted by atomic mass is 9.87. The van der Waals surface area contributed by atoms with Crippen molar-refractivity contribution in [1.82, 2.24) is 10.2 Å². The zero-order valence-electron chi connectivity index (χ0n) is 13.2. The first kappa shape index (κ1) is 15.1. The molecule has 2 saturated carbocycles. The molecular weight excluding hydrogens is 262 g/mol. The van der Waals surface area contributed by atoms with E-state index in [2.05, 4.69) is 5.32 Å². The third-order valence-electron chi connectivity index (χ3n) is 5.63. The number of hydrogen-bond acceptors (Lipinski definition) is 2. The molecule has 2 amide bonds. The molecule has 0 spiro atoms. The molecule has 0 aromatic carbocycles. The molecule has 3 N–H and O–H groups in total. The first-order valence-electron chi connectivity index (χ1n) is 8.98. The van der Waals surface area contributed by atoms with Crippen molar-refractivity contribution in [2.45, 2.75) is 63.8 Å². The topological polar surface area (TPSA) is 58.4 Å². The highest BCUT2D eigenvalue weighted by Crippen LogP contribution is 2.37. The number of carbonyl (C=O) groups excluding carboxylic acids is 1. The average molecular weight is 293 g/mol. The van der Waals surface area contributed by atoms with Crippen LogP contribution >= 0.6 is 0 Å². The van der Waals surface area contributed by atoms with Gasteiger partial charge in [-0.2, -0.15) is 0 Å². The van der Waals surface area contributed by atoms with Crippen LogP contribution in [0.1, 0.15) is 57.8 Å². The van der Waals surface area contributed by atoms with Gasteiger partial charge in [0.25, 0.3) is 0 Å². The lowest BCUT2D eigenvalue weighted by Gasteiger charge is -2.38. The van der Waals surface area contributed by atoms with E-state index in [1.165, 1.54) is 57.8 Å². The molecule has 21 heavy (non-hydrogen) atoms. The number of piperidine rings is 1. The molecule has 0 aromatic heterocycles. The molecule has 1 saturated heterocycles. The monoisotopic (exact) mass is 293 g/mol. The Labute approximate surface area is 128 Å². The summed E-state index contributed by atoms with van der Waals surface area (Å²) in [5, 5.41) is 3.75. The van der Waals surface area contributed by atoms with Gasteiger partial charge in [-0.3, -0.25) is 0 Å². The number of nitrogens with one attached hydrogen (secondary N) is 1. The Kier molecular flexibility index (Phi) is 5.04. The van der Waals surface area contributed by atoms with Crippen LogP contribution in [0.5, 0.6) is 0 Å². The zero-order chi connectivity index (χ0) is 14.7. The summed E-state index contributed by atoms with van der Waals surface area (Å²) in [6.45, 7) is 2.82. The SMILES string of the molecule is NC(=O)N1CC(CC2CC2)CC(NCC2CCCCC2)C1. The molecule has 0 bridgehead atoms. The number of nitrogens with two attached hydrogens (primary N) is 1. The standard InChI is InChI=1S/C17H31N3O/c18-17(21)20-11-15(8-13-6-7-13)9-16(12-20)19-10-14-4-2-1-3-5-14/h13-16,19H,1-12H2,(H2,18,21). The molecule has 1 aliphatic heterocycles. The lowest BCUT2D eigenvalue weighted by Crippen LogP contribution is -2.53. The van der Waals surface area contributed by atoms with Gasteiger partial charge >= 0.3 is 6.03 Å². The molecule has 120 valence electrons. The van der Waals surface area contributed by atoms with Gasteiger partial charge in [0, 0.05) is 19.1 Å². The molecule has 4 nitrogen and oxygen atoms in total. The summed E-state index contributed by atoms with van der Waals surface area (Å²) in [6.07, 6.45) is 12.3. The molecule has 0 aromatic rings. The highest BCUT2D eigenvalue weighted by atomic mass is 16.2. The Bertz CT molecular complexity index is 350. The fourth-order valence-corrected chi connectivity index (χ4v) is 4.25. The molecule has 1 heterocycles. The summed E-state index contributed by atoms with van der Waals surface area (Å²) in [6, 6.07) is 0.219. The Hall–Kier alpha value is -0.770. The van der Waals surface area contributed by atoms with Crippen molar-refractivity contribution in [2.24, 2.45) is 23.5 Å². The Morgan fingerprint density at radius 2 is 1.76 bits per heavy atom. The largest absolute Gasteiger partial charge is 0.351 e. The maximum absolute atomic E-state index is 11.6. The summed E-state index contributed by atoms with van der Waals surface area (Å²) in [7, 11) is 0. The van der Waals surface area contributed by atoms with E-state index in [1.54, 1.807) is 0 Å². The highest BCUT2D eigenvalue weighted by molar-refractivity contribution is 5.72. The van der Waals surface area contributed by atoms with Crippen molar-refractivity contribution in [3.05, 3.63) is 0 Å². The number of carbonyl (C=O) groups is 1. The fourth-order valence-electron chi connectivity index (χ4n) is 4.25. The second-order valence-electron chi connectivity index (χ2n) is 7.63. The van der Waals surface area contributed by atoms with Crippen LogP contribution < -0.4 is 11.1 Å². The fraction of sp³-hybridized carbons (Fsp3) is 0.941. The van der Waals surface area contributed by atoms with Crippen molar-refractivity contribution in [3.8, 4) is 0 Å². The maximum Gasteiger partial charge on any atom is 0.314 e. The molecule has 3 rings (SSSR count). The lowest BCUT2D eigenvalue weighted by molar-refractivity contribution is 0.143. The van der Waals surface area contributed by atoms with Gasteiger partial charge in [-0.05, 0) is 50.0 Å². The molecule has 2 aliphatic carbocycles. The number of hydrogen-bond donors (Lipinski definition) is 2. The van der Waals surface area contributed by atoms with Crippen LogP contribution in [0.4, 0.5) is 4.79 Å². The van der Waals surface area contributed by atoms with E-state index in [1.807, 2.05) is 4.90 Å². The Balaban J connectivity index is 1.48. The first-order valence-corrected chi connectivity index (χ1v) is 8.98. The molecule has 2 unspecified atom stereocenters. The number of primary amides is 1. The van der Waals surface area contributed by atoms with Crippen LogP contribution in [-0.4, -0.2) is 36.6 Å². The summed E-state index contributed by atoms with van der Waals surface area (Å²) < 4.78 is 0. The number of amides is 2. The van der Waals surface area contributed by atoms with Crippen molar-refractivity contribution in [3.63, 3.8) is 0 Å². The van der Waals surface area contributed by atoms with E-state index in [0.29, 0.717) is 12.0 Å². The van der Waals surface area contributed by atoms with Gasteiger partial charge in [-0.25, -0.2) is 4.79 Å². The minimum atomic E-state index is -0.236. The molecule has 3 aliphatic rings. The molecule has 0 radical (unpaired) electrons. The van der Waals surface area contributed by atoms with E-state index in [9.17, 15) is 4.79 Å². The van der Waals surface area contributed by atoms with Crippen LogP contribution in [0.2, 0.25) is 0 Å².